The van der Waals surface area contributed by atoms with Crippen LogP contribution in [0.5, 0.6) is 5.88 Å². The van der Waals surface area contributed by atoms with Crippen LogP contribution in [0.2, 0.25) is 5.02 Å². The summed E-state index contributed by atoms with van der Waals surface area (Å²) >= 11 is 6.11. The molecule has 0 radical (unpaired) electrons. The zero-order valence-corrected chi connectivity index (χ0v) is 11.7. The van der Waals surface area contributed by atoms with Gasteiger partial charge in [0.2, 0.25) is 5.88 Å². The monoisotopic (exact) mass is 289 g/mol. The van der Waals surface area contributed by atoms with Crippen molar-refractivity contribution in [3.8, 4) is 5.88 Å². The Morgan fingerprint density at radius 1 is 1.25 bits per heavy atom. The Balaban J connectivity index is 1.75. The summed E-state index contributed by atoms with van der Waals surface area (Å²) in [5.41, 5.74) is 7.23. The molecule has 1 aromatic heterocycles. The zero-order chi connectivity index (χ0) is 13.9. The fourth-order valence-electron chi connectivity index (χ4n) is 1.82. The maximum absolute atomic E-state index is 6.11. The van der Waals surface area contributed by atoms with Crippen LogP contribution in [0.15, 0.2) is 36.4 Å². The predicted molar refractivity (Wildman–Crippen MR) is 81.6 cm³/mol. The van der Waals surface area contributed by atoms with E-state index in [0.717, 1.165) is 5.69 Å². The molecule has 1 aliphatic rings. The van der Waals surface area contributed by atoms with Gasteiger partial charge in [-0.2, -0.15) is 4.98 Å². The lowest BCUT2D eigenvalue weighted by Crippen LogP contribution is -2.05. The molecule has 2 aromatic rings. The third-order valence-electron chi connectivity index (χ3n) is 3.18. The molecule has 3 N–H and O–H groups in total. The van der Waals surface area contributed by atoms with Crippen molar-refractivity contribution in [2.75, 3.05) is 17.7 Å². The summed E-state index contributed by atoms with van der Waals surface area (Å²) in [4.78, 5) is 4.39. The topological polar surface area (TPSA) is 60.2 Å². The van der Waals surface area contributed by atoms with E-state index in [-0.39, 0.29) is 0 Å². The smallest absolute Gasteiger partial charge is 0.239 e. The van der Waals surface area contributed by atoms with Gasteiger partial charge in [-0.3, -0.25) is 0 Å². The summed E-state index contributed by atoms with van der Waals surface area (Å²) in [6, 6.07) is 11.1. The fourth-order valence-corrected chi connectivity index (χ4v) is 2.00. The summed E-state index contributed by atoms with van der Waals surface area (Å²) in [7, 11) is 0. The maximum Gasteiger partial charge on any atom is 0.239 e. The molecule has 1 fully saturated rings. The summed E-state index contributed by atoms with van der Waals surface area (Å²) in [5.74, 6) is 1.81. The van der Waals surface area contributed by atoms with E-state index in [9.17, 15) is 0 Å². The van der Waals surface area contributed by atoms with Gasteiger partial charge in [0.15, 0.2) is 0 Å². The molecule has 0 atom stereocenters. The third-order valence-corrected chi connectivity index (χ3v) is 3.51. The number of pyridine rings is 1. The summed E-state index contributed by atoms with van der Waals surface area (Å²) < 4.78 is 5.66. The van der Waals surface area contributed by atoms with E-state index in [1.807, 2.05) is 30.3 Å². The largest absolute Gasteiger partial charge is 0.476 e. The quantitative estimate of drug-likeness (QED) is 0.878. The van der Waals surface area contributed by atoms with Crippen LogP contribution in [-0.4, -0.2) is 11.6 Å². The molecule has 0 aliphatic heterocycles. The summed E-state index contributed by atoms with van der Waals surface area (Å²) in [6.45, 7) is 0.687. The Hall–Kier alpha value is -1.94. The van der Waals surface area contributed by atoms with Crippen LogP contribution in [-0.2, 0) is 0 Å². The standard InChI is InChI=1S/C15H16ClN3O/c16-11-3-1-2-4-13(11)18-14-8-7-12(17)15(19-14)20-9-10-5-6-10/h1-4,7-8,10H,5-6,9,17H2,(H,18,19). The second-order valence-corrected chi connectivity index (χ2v) is 5.36. The van der Waals surface area contributed by atoms with Crippen LogP contribution < -0.4 is 15.8 Å². The molecule has 4 nitrogen and oxygen atoms in total. The van der Waals surface area contributed by atoms with Crippen molar-refractivity contribution in [3.05, 3.63) is 41.4 Å². The van der Waals surface area contributed by atoms with Crippen molar-refractivity contribution in [3.63, 3.8) is 0 Å². The van der Waals surface area contributed by atoms with Crippen LogP contribution in [0.4, 0.5) is 17.2 Å². The number of hydrogen-bond donors (Lipinski definition) is 2. The first-order valence-corrected chi connectivity index (χ1v) is 7.01. The van der Waals surface area contributed by atoms with Gasteiger partial charge in [-0.05, 0) is 43.0 Å². The minimum absolute atomic E-state index is 0.481. The van der Waals surface area contributed by atoms with Gasteiger partial charge in [-0.25, -0.2) is 0 Å². The van der Waals surface area contributed by atoms with Gasteiger partial charge in [0.25, 0.3) is 0 Å². The number of nitrogens with zero attached hydrogens (tertiary/aromatic N) is 1. The second-order valence-electron chi connectivity index (χ2n) is 4.95. The molecule has 1 saturated carbocycles. The average Bonchev–Trinajstić information content (AvgIpc) is 3.26. The number of anilines is 3. The lowest BCUT2D eigenvalue weighted by Gasteiger charge is -2.11. The number of nitrogens with one attached hydrogen (secondary N) is 1. The van der Waals surface area contributed by atoms with Crippen LogP contribution in [0, 0.1) is 5.92 Å². The molecule has 0 saturated heterocycles. The van der Waals surface area contributed by atoms with Crippen molar-refractivity contribution in [1.82, 2.24) is 4.98 Å². The molecule has 1 aromatic carbocycles. The molecule has 1 aliphatic carbocycles. The number of nitrogen functional groups attached to an aromatic ring is 1. The zero-order valence-electron chi connectivity index (χ0n) is 11.0. The van der Waals surface area contributed by atoms with Crippen molar-refractivity contribution >= 4 is 28.8 Å². The SMILES string of the molecule is Nc1ccc(Nc2ccccc2Cl)nc1OCC1CC1. The van der Waals surface area contributed by atoms with Gasteiger partial charge in [0, 0.05) is 0 Å². The molecule has 20 heavy (non-hydrogen) atoms. The molecule has 5 heteroatoms. The van der Waals surface area contributed by atoms with E-state index < -0.39 is 0 Å². The fraction of sp³-hybridized carbons (Fsp3) is 0.267. The predicted octanol–water partition coefficient (Wildman–Crippen LogP) is 3.85. The Kier molecular flexibility index (Phi) is 3.65. The molecular formula is C15H16ClN3O. The first-order chi connectivity index (χ1) is 9.72. The van der Waals surface area contributed by atoms with E-state index in [1.165, 1.54) is 12.8 Å². The minimum atomic E-state index is 0.481. The normalized spacial score (nSPS) is 14.1. The summed E-state index contributed by atoms with van der Waals surface area (Å²) in [5, 5.41) is 3.81. The molecule has 0 spiro atoms. The molecule has 104 valence electrons. The number of rotatable bonds is 5. The number of hydrogen-bond acceptors (Lipinski definition) is 4. The highest BCUT2D eigenvalue weighted by Gasteiger charge is 2.22. The van der Waals surface area contributed by atoms with Gasteiger partial charge >= 0.3 is 0 Å². The molecular weight excluding hydrogens is 274 g/mol. The van der Waals surface area contributed by atoms with Gasteiger partial charge in [-0.1, -0.05) is 23.7 Å². The number of aromatic nitrogens is 1. The highest BCUT2D eigenvalue weighted by atomic mass is 35.5. The number of para-hydroxylation sites is 1. The maximum atomic E-state index is 6.11. The number of halogens is 1. The Morgan fingerprint density at radius 2 is 2.05 bits per heavy atom. The van der Waals surface area contributed by atoms with Gasteiger partial charge in [-0.15, -0.1) is 0 Å². The van der Waals surface area contributed by atoms with E-state index in [0.29, 0.717) is 34.9 Å². The highest BCUT2D eigenvalue weighted by Crippen LogP contribution is 2.31. The van der Waals surface area contributed by atoms with Gasteiger partial charge in [0.1, 0.15) is 5.82 Å². The molecule has 0 unspecified atom stereocenters. The Labute approximate surface area is 122 Å². The van der Waals surface area contributed by atoms with Crippen molar-refractivity contribution < 1.29 is 4.74 Å². The third kappa shape index (κ3) is 3.14. The molecule has 1 heterocycles. The Bertz CT molecular complexity index is 614. The number of nitrogens with two attached hydrogens (primary N) is 1. The van der Waals surface area contributed by atoms with E-state index in [4.69, 9.17) is 22.1 Å². The minimum Gasteiger partial charge on any atom is -0.476 e. The molecule has 0 amide bonds. The van der Waals surface area contributed by atoms with Crippen molar-refractivity contribution in [2.24, 2.45) is 5.92 Å². The Morgan fingerprint density at radius 3 is 2.80 bits per heavy atom. The van der Waals surface area contributed by atoms with E-state index >= 15 is 0 Å². The summed E-state index contributed by atoms with van der Waals surface area (Å²) in [6.07, 6.45) is 2.47. The number of ether oxygens (including phenoxy) is 1. The first-order valence-electron chi connectivity index (χ1n) is 6.63. The van der Waals surface area contributed by atoms with Crippen LogP contribution in [0.25, 0.3) is 0 Å². The lowest BCUT2D eigenvalue weighted by molar-refractivity contribution is 0.290. The number of benzene rings is 1. The van der Waals surface area contributed by atoms with Crippen molar-refractivity contribution in [2.45, 2.75) is 12.8 Å². The van der Waals surface area contributed by atoms with Gasteiger partial charge in [0.05, 0.1) is 23.0 Å². The second kappa shape index (κ2) is 5.59. The van der Waals surface area contributed by atoms with E-state index in [1.54, 1.807) is 6.07 Å². The van der Waals surface area contributed by atoms with Gasteiger partial charge < -0.3 is 15.8 Å². The van der Waals surface area contributed by atoms with Crippen LogP contribution >= 0.6 is 11.6 Å². The highest BCUT2D eigenvalue weighted by molar-refractivity contribution is 6.33. The molecule has 3 rings (SSSR count). The van der Waals surface area contributed by atoms with Crippen LogP contribution in [0.1, 0.15) is 12.8 Å². The lowest BCUT2D eigenvalue weighted by atomic mass is 10.3. The van der Waals surface area contributed by atoms with Crippen LogP contribution in [0.3, 0.4) is 0 Å². The first kappa shape index (κ1) is 13.1. The van der Waals surface area contributed by atoms with Crippen molar-refractivity contribution in [1.29, 1.82) is 0 Å². The molecule has 0 bridgehead atoms. The average molecular weight is 290 g/mol. The van der Waals surface area contributed by atoms with E-state index in [2.05, 4.69) is 10.3 Å².